The van der Waals surface area contributed by atoms with Crippen LogP contribution in [0.1, 0.15) is 20.7 Å². The Hall–Kier alpha value is -2.62. The Morgan fingerprint density at radius 2 is 1.76 bits per heavy atom. The molecule has 2 amide bonds. The van der Waals surface area contributed by atoms with Crippen LogP contribution in [0.2, 0.25) is 5.02 Å². The molecule has 0 aromatic heterocycles. The lowest BCUT2D eigenvalue weighted by Crippen LogP contribution is -2.41. The maximum absolute atomic E-state index is 12.8. The molecule has 1 heterocycles. The molecule has 0 spiro atoms. The number of hydrogen-bond donors (Lipinski definition) is 2. The van der Waals surface area contributed by atoms with Gasteiger partial charge >= 0.3 is 0 Å². The third-order valence-corrected chi connectivity index (χ3v) is 5.15. The van der Waals surface area contributed by atoms with E-state index >= 15 is 0 Å². The smallest absolute Gasteiger partial charge is 0.257 e. The minimum atomic E-state index is -3.51. The summed E-state index contributed by atoms with van der Waals surface area (Å²) in [7, 11) is -3.51. The second-order valence-corrected chi connectivity index (χ2v) is 8.63. The number of anilines is 2. The Kier molecular flexibility index (Phi) is 6.41. The van der Waals surface area contributed by atoms with Crippen molar-refractivity contribution in [3.63, 3.8) is 0 Å². The zero-order chi connectivity index (χ0) is 21.0. The second kappa shape index (κ2) is 8.81. The van der Waals surface area contributed by atoms with E-state index in [0.717, 1.165) is 6.26 Å². The first-order chi connectivity index (χ1) is 13.7. The van der Waals surface area contributed by atoms with Crippen molar-refractivity contribution in [3.8, 4) is 0 Å². The van der Waals surface area contributed by atoms with Crippen LogP contribution in [0, 0.1) is 0 Å². The summed E-state index contributed by atoms with van der Waals surface area (Å²) < 4.78 is 30.4. The van der Waals surface area contributed by atoms with Gasteiger partial charge in [-0.2, -0.15) is 0 Å². The molecule has 2 aromatic carbocycles. The Morgan fingerprint density at radius 1 is 1.07 bits per heavy atom. The van der Waals surface area contributed by atoms with Crippen molar-refractivity contribution >= 4 is 44.8 Å². The second-order valence-electron chi connectivity index (χ2n) is 6.47. The monoisotopic (exact) mass is 437 g/mol. The molecule has 2 aromatic rings. The van der Waals surface area contributed by atoms with Crippen LogP contribution in [0.25, 0.3) is 0 Å². The number of ether oxygens (including phenoxy) is 1. The minimum absolute atomic E-state index is 0.0777. The van der Waals surface area contributed by atoms with Crippen LogP contribution in [0.4, 0.5) is 11.4 Å². The van der Waals surface area contributed by atoms with Crippen LogP contribution in [-0.2, 0) is 14.8 Å². The van der Waals surface area contributed by atoms with E-state index in [4.69, 9.17) is 16.3 Å². The van der Waals surface area contributed by atoms with E-state index in [-0.39, 0.29) is 22.2 Å². The zero-order valence-electron chi connectivity index (χ0n) is 15.6. The van der Waals surface area contributed by atoms with Gasteiger partial charge in [-0.1, -0.05) is 23.7 Å². The molecular weight excluding hydrogens is 418 g/mol. The van der Waals surface area contributed by atoms with Crippen molar-refractivity contribution in [1.29, 1.82) is 0 Å². The lowest BCUT2D eigenvalue weighted by molar-refractivity contribution is 0.0303. The summed E-state index contributed by atoms with van der Waals surface area (Å²) in [5, 5.41) is 2.85. The van der Waals surface area contributed by atoms with Gasteiger partial charge in [0.25, 0.3) is 11.8 Å². The topological polar surface area (TPSA) is 105 Å². The number of amides is 2. The maximum Gasteiger partial charge on any atom is 0.257 e. The van der Waals surface area contributed by atoms with Gasteiger partial charge in [-0.15, -0.1) is 0 Å². The first-order valence-electron chi connectivity index (χ1n) is 8.79. The summed E-state index contributed by atoms with van der Waals surface area (Å²) in [5.74, 6) is -0.767. The first kappa shape index (κ1) is 21.1. The van der Waals surface area contributed by atoms with Gasteiger partial charge in [-0.25, -0.2) is 8.42 Å². The number of carbonyl (C=O) groups excluding carboxylic acids is 2. The van der Waals surface area contributed by atoms with Crippen molar-refractivity contribution in [2.75, 3.05) is 42.6 Å². The molecule has 1 fully saturated rings. The van der Waals surface area contributed by atoms with Crippen molar-refractivity contribution in [2.45, 2.75) is 0 Å². The molecule has 154 valence electrons. The Labute approximate surface area is 173 Å². The van der Waals surface area contributed by atoms with Gasteiger partial charge in [0.15, 0.2) is 0 Å². The Bertz CT molecular complexity index is 1040. The molecule has 1 saturated heterocycles. The summed E-state index contributed by atoms with van der Waals surface area (Å²) in [6, 6.07) is 10.9. The standard InChI is InChI=1S/C19H20ClN3O5S/c1-29(26,27)22-13-6-7-16(20)15(12-13)18(24)21-17-5-3-2-4-14(17)19(25)23-8-10-28-11-9-23/h2-7,12,22H,8-11H2,1H3,(H,21,24). The molecule has 1 aliphatic rings. The first-order valence-corrected chi connectivity index (χ1v) is 11.1. The molecule has 29 heavy (non-hydrogen) atoms. The highest BCUT2D eigenvalue weighted by Gasteiger charge is 2.22. The highest BCUT2D eigenvalue weighted by atomic mass is 35.5. The van der Waals surface area contributed by atoms with E-state index in [2.05, 4.69) is 10.0 Å². The molecule has 1 aliphatic heterocycles. The lowest BCUT2D eigenvalue weighted by Gasteiger charge is -2.27. The molecular formula is C19H20ClN3O5S. The lowest BCUT2D eigenvalue weighted by atomic mass is 10.1. The normalized spacial score (nSPS) is 14.3. The number of para-hydroxylation sites is 1. The fourth-order valence-electron chi connectivity index (χ4n) is 2.88. The molecule has 10 heteroatoms. The molecule has 0 atom stereocenters. The molecule has 0 unspecified atom stereocenters. The molecule has 0 radical (unpaired) electrons. The zero-order valence-corrected chi connectivity index (χ0v) is 17.2. The largest absolute Gasteiger partial charge is 0.378 e. The van der Waals surface area contributed by atoms with E-state index in [1.807, 2.05) is 0 Å². The number of rotatable bonds is 5. The van der Waals surface area contributed by atoms with Gasteiger partial charge in [0.05, 0.1) is 41.3 Å². The summed E-state index contributed by atoms with van der Waals surface area (Å²) >= 11 is 6.13. The van der Waals surface area contributed by atoms with E-state index in [1.54, 1.807) is 29.2 Å². The number of morpholine rings is 1. The van der Waals surface area contributed by atoms with Crippen molar-refractivity contribution in [1.82, 2.24) is 4.90 Å². The van der Waals surface area contributed by atoms with E-state index in [1.165, 1.54) is 18.2 Å². The highest BCUT2D eigenvalue weighted by Crippen LogP contribution is 2.24. The van der Waals surface area contributed by atoms with Gasteiger partial charge in [0, 0.05) is 18.8 Å². The van der Waals surface area contributed by atoms with Crippen molar-refractivity contribution < 1.29 is 22.7 Å². The summed E-state index contributed by atoms with van der Waals surface area (Å²) in [6.45, 7) is 1.89. The Balaban J connectivity index is 1.84. The summed E-state index contributed by atoms with van der Waals surface area (Å²) in [5.41, 5.74) is 0.976. The van der Waals surface area contributed by atoms with Gasteiger partial charge in [0.1, 0.15) is 0 Å². The van der Waals surface area contributed by atoms with Crippen LogP contribution < -0.4 is 10.0 Å². The van der Waals surface area contributed by atoms with Gasteiger partial charge < -0.3 is 15.0 Å². The van der Waals surface area contributed by atoms with Crippen LogP contribution >= 0.6 is 11.6 Å². The van der Waals surface area contributed by atoms with Crippen LogP contribution in [0.3, 0.4) is 0 Å². The number of carbonyl (C=O) groups is 2. The van der Waals surface area contributed by atoms with Crippen molar-refractivity contribution in [3.05, 3.63) is 58.6 Å². The van der Waals surface area contributed by atoms with Gasteiger partial charge in [0.2, 0.25) is 10.0 Å². The molecule has 8 nitrogen and oxygen atoms in total. The van der Waals surface area contributed by atoms with Crippen molar-refractivity contribution in [2.24, 2.45) is 0 Å². The van der Waals surface area contributed by atoms with E-state index in [9.17, 15) is 18.0 Å². The molecule has 3 rings (SSSR count). The number of nitrogens with zero attached hydrogens (tertiary/aromatic N) is 1. The maximum atomic E-state index is 12.8. The molecule has 2 N–H and O–H groups in total. The minimum Gasteiger partial charge on any atom is -0.378 e. The SMILES string of the molecule is CS(=O)(=O)Nc1ccc(Cl)c(C(=O)Nc2ccccc2C(=O)N2CCOCC2)c1. The third-order valence-electron chi connectivity index (χ3n) is 4.22. The van der Waals surface area contributed by atoms with Crippen LogP contribution in [-0.4, -0.2) is 57.7 Å². The summed E-state index contributed by atoms with van der Waals surface area (Å²) in [6.07, 6.45) is 1.01. The fraction of sp³-hybridized carbons (Fsp3) is 0.263. The van der Waals surface area contributed by atoms with E-state index in [0.29, 0.717) is 37.6 Å². The molecule has 0 aliphatic carbocycles. The quantitative estimate of drug-likeness (QED) is 0.747. The Morgan fingerprint density at radius 3 is 2.45 bits per heavy atom. The van der Waals surface area contributed by atoms with Crippen LogP contribution in [0.15, 0.2) is 42.5 Å². The average molecular weight is 438 g/mol. The summed E-state index contributed by atoms with van der Waals surface area (Å²) in [4.78, 5) is 27.3. The number of hydrogen-bond acceptors (Lipinski definition) is 5. The fourth-order valence-corrected chi connectivity index (χ4v) is 3.64. The van der Waals surface area contributed by atoms with Gasteiger partial charge in [-0.05, 0) is 30.3 Å². The average Bonchev–Trinajstić information content (AvgIpc) is 2.69. The van der Waals surface area contributed by atoms with E-state index < -0.39 is 15.9 Å². The van der Waals surface area contributed by atoms with Crippen LogP contribution in [0.5, 0.6) is 0 Å². The highest BCUT2D eigenvalue weighted by molar-refractivity contribution is 7.92. The molecule has 0 saturated carbocycles. The number of sulfonamides is 1. The predicted molar refractivity (Wildman–Crippen MR) is 111 cm³/mol. The number of nitrogens with one attached hydrogen (secondary N) is 2. The predicted octanol–water partition coefficient (Wildman–Crippen LogP) is 2.44. The van der Waals surface area contributed by atoms with Gasteiger partial charge in [-0.3, -0.25) is 14.3 Å². The molecule has 0 bridgehead atoms. The third kappa shape index (κ3) is 5.47. The number of halogens is 1. The number of benzene rings is 2.